The smallest absolute Gasteiger partial charge is 0.254 e. The minimum absolute atomic E-state index is 0.0471. The first-order valence-electron chi connectivity index (χ1n) is 6.51. The molecule has 1 aliphatic rings. The second-order valence-corrected chi connectivity index (χ2v) is 5.09. The van der Waals surface area contributed by atoms with Crippen LogP contribution in [0.1, 0.15) is 43.5 Å². The Bertz CT molecular complexity index is 438. The number of amides is 1. The summed E-state index contributed by atoms with van der Waals surface area (Å²) in [4.78, 5) is 14.5. The van der Waals surface area contributed by atoms with Crippen LogP contribution in [0.25, 0.3) is 0 Å². The lowest BCUT2D eigenvalue weighted by Gasteiger charge is -2.28. The van der Waals surface area contributed by atoms with Gasteiger partial charge in [0.2, 0.25) is 0 Å². The van der Waals surface area contributed by atoms with Crippen LogP contribution in [0.3, 0.4) is 0 Å². The van der Waals surface area contributed by atoms with Crippen LogP contribution >= 0.6 is 0 Å². The summed E-state index contributed by atoms with van der Waals surface area (Å²) in [5, 5.41) is 0. The highest BCUT2D eigenvalue weighted by Gasteiger charge is 2.33. The number of hydrogen-bond donors (Lipinski definition) is 2. The number of benzene rings is 1. The van der Waals surface area contributed by atoms with Crippen LogP contribution in [-0.2, 0) is 0 Å². The molecule has 2 unspecified atom stereocenters. The van der Waals surface area contributed by atoms with Crippen LogP contribution in [0.5, 0.6) is 0 Å². The molecule has 1 aromatic rings. The molecule has 1 saturated heterocycles. The zero-order chi connectivity index (χ0) is 13.3. The van der Waals surface area contributed by atoms with E-state index in [4.69, 9.17) is 11.5 Å². The first kappa shape index (κ1) is 12.7. The van der Waals surface area contributed by atoms with Crippen molar-refractivity contribution < 1.29 is 4.79 Å². The van der Waals surface area contributed by atoms with Crippen LogP contribution in [-0.4, -0.2) is 22.9 Å². The lowest BCUT2D eigenvalue weighted by atomic mass is 10.1. The monoisotopic (exact) mass is 247 g/mol. The highest BCUT2D eigenvalue weighted by Crippen LogP contribution is 2.28. The average Bonchev–Trinajstić information content (AvgIpc) is 2.68. The van der Waals surface area contributed by atoms with Gasteiger partial charge in [-0.2, -0.15) is 0 Å². The van der Waals surface area contributed by atoms with Gasteiger partial charge in [-0.05, 0) is 44.4 Å². The van der Waals surface area contributed by atoms with Gasteiger partial charge in [0.1, 0.15) is 0 Å². The first-order valence-corrected chi connectivity index (χ1v) is 6.51. The Balaban J connectivity index is 2.29. The molecule has 0 radical (unpaired) electrons. The van der Waals surface area contributed by atoms with Crippen LogP contribution in [0.2, 0.25) is 0 Å². The van der Waals surface area contributed by atoms with Crippen molar-refractivity contribution in [1.29, 1.82) is 0 Å². The Morgan fingerprint density at radius 3 is 2.44 bits per heavy atom. The quantitative estimate of drug-likeness (QED) is 0.787. The molecule has 4 heteroatoms. The van der Waals surface area contributed by atoms with Crippen LogP contribution in [0, 0.1) is 0 Å². The van der Waals surface area contributed by atoms with Crippen molar-refractivity contribution in [2.75, 3.05) is 11.5 Å². The van der Waals surface area contributed by atoms with E-state index in [-0.39, 0.29) is 5.91 Å². The molecular formula is C14H21N3O. The van der Waals surface area contributed by atoms with E-state index in [1.807, 2.05) is 4.90 Å². The van der Waals surface area contributed by atoms with E-state index < -0.39 is 0 Å². The highest BCUT2D eigenvalue weighted by molar-refractivity contribution is 5.96. The molecule has 0 spiro atoms. The molecule has 1 fully saturated rings. The van der Waals surface area contributed by atoms with Gasteiger partial charge in [-0.1, -0.05) is 6.92 Å². The fourth-order valence-corrected chi connectivity index (χ4v) is 2.79. The Morgan fingerprint density at radius 1 is 1.28 bits per heavy atom. The van der Waals surface area contributed by atoms with Gasteiger partial charge in [-0.3, -0.25) is 4.79 Å². The summed E-state index contributed by atoms with van der Waals surface area (Å²) in [5.74, 6) is 0.0471. The second-order valence-electron chi connectivity index (χ2n) is 5.09. The topological polar surface area (TPSA) is 72.3 Å². The second kappa shape index (κ2) is 4.88. The highest BCUT2D eigenvalue weighted by atomic mass is 16.2. The SMILES string of the molecule is CCC1CCC(C)N1C(=O)c1cc(N)cc(N)c1. The van der Waals surface area contributed by atoms with Gasteiger partial charge in [0.25, 0.3) is 5.91 Å². The molecule has 1 aromatic carbocycles. The van der Waals surface area contributed by atoms with Crippen LogP contribution in [0.15, 0.2) is 18.2 Å². The van der Waals surface area contributed by atoms with E-state index in [9.17, 15) is 4.79 Å². The number of likely N-dealkylation sites (tertiary alicyclic amines) is 1. The molecule has 98 valence electrons. The fraction of sp³-hybridized carbons (Fsp3) is 0.500. The van der Waals surface area contributed by atoms with Gasteiger partial charge in [-0.25, -0.2) is 0 Å². The van der Waals surface area contributed by atoms with Crippen molar-refractivity contribution in [1.82, 2.24) is 4.90 Å². The zero-order valence-electron chi connectivity index (χ0n) is 11.0. The summed E-state index contributed by atoms with van der Waals surface area (Å²) in [5.41, 5.74) is 13.2. The van der Waals surface area contributed by atoms with Crippen molar-refractivity contribution >= 4 is 17.3 Å². The van der Waals surface area contributed by atoms with Gasteiger partial charge >= 0.3 is 0 Å². The molecule has 18 heavy (non-hydrogen) atoms. The maximum atomic E-state index is 12.5. The number of carbonyl (C=O) groups is 1. The molecule has 4 nitrogen and oxygen atoms in total. The van der Waals surface area contributed by atoms with Crippen LogP contribution in [0.4, 0.5) is 11.4 Å². The third-order valence-corrected chi connectivity index (χ3v) is 3.72. The lowest BCUT2D eigenvalue weighted by Crippen LogP contribution is -2.39. The number of nitrogens with zero attached hydrogens (tertiary/aromatic N) is 1. The van der Waals surface area contributed by atoms with Gasteiger partial charge in [0, 0.05) is 29.0 Å². The van der Waals surface area contributed by atoms with E-state index in [1.54, 1.807) is 18.2 Å². The maximum Gasteiger partial charge on any atom is 0.254 e. The van der Waals surface area contributed by atoms with E-state index >= 15 is 0 Å². The predicted octanol–water partition coefficient (Wildman–Crippen LogP) is 2.25. The van der Waals surface area contributed by atoms with Crippen molar-refractivity contribution in [3.63, 3.8) is 0 Å². The summed E-state index contributed by atoms with van der Waals surface area (Å²) >= 11 is 0. The largest absolute Gasteiger partial charge is 0.399 e. The summed E-state index contributed by atoms with van der Waals surface area (Å²) in [7, 11) is 0. The third kappa shape index (κ3) is 2.28. The number of nitrogens with two attached hydrogens (primary N) is 2. The standard InChI is InChI=1S/C14H21N3O/c1-3-13-5-4-9(2)17(13)14(18)10-6-11(15)8-12(16)7-10/h6-9,13H,3-5,15-16H2,1-2H3. The van der Waals surface area contributed by atoms with E-state index in [0.717, 1.165) is 19.3 Å². The predicted molar refractivity (Wildman–Crippen MR) is 74.2 cm³/mol. The van der Waals surface area contributed by atoms with Gasteiger partial charge < -0.3 is 16.4 Å². The van der Waals surface area contributed by atoms with E-state index in [2.05, 4.69) is 13.8 Å². The Morgan fingerprint density at radius 2 is 1.89 bits per heavy atom. The summed E-state index contributed by atoms with van der Waals surface area (Å²) in [6.07, 6.45) is 3.15. The lowest BCUT2D eigenvalue weighted by molar-refractivity contribution is 0.0676. The molecule has 1 heterocycles. The minimum Gasteiger partial charge on any atom is -0.399 e. The summed E-state index contributed by atoms with van der Waals surface area (Å²) in [6, 6.07) is 5.72. The van der Waals surface area contributed by atoms with Gasteiger partial charge in [-0.15, -0.1) is 0 Å². The molecule has 0 bridgehead atoms. The normalized spacial score (nSPS) is 23.3. The van der Waals surface area contributed by atoms with Gasteiger partial charge in [0.15, 0.2) is 0 Å². The molecule has 0 saturated carbocycles. The fourth-order valence-electron chi connectivity index (χ4n) is 2.79. The van der Waals surface area contributed by atoms with Crippen molar-refractivity contribution in [3.8, 4) is 0 Å². The number of hydrogen-bond acceptors (Lipinski definition) is 3. The summed E-state index contributed by atoms with van der Waals surface area (Å²) in [6.45, 7) is 4.22. The molecule has 0 aliphatic carbocycles. The third-order valence-electron chi connectivity index (χ3n) is 3.72. The van der Waals surface area contributed by atoms with E-state index in [0.29, 0.717) is 29.0 Å². The molecule has 4 N–H and O–H groups in total. The van der Waals surface area contributed by atoms with Crippen LogP contribution < -0.4 is 11.5 Å². The molecule has 1 aliphatic heterocycles. The number of carbonyl (C=O) groups excluding carboxylic acids is 1. The first-order chi connectivity index (χ1) is 8.52. The molecule has 2 rings (SSSR count). The molecule has 2 atom stereocenters. The van der Waals surface area contributed by atoms with Crippen molar-refractivity contribution in [2.45, 2.75) is 45.2 Å². The average molecular weight is 247 g/mol. The van der Waals surface area contributed by atoms with Gasteiger partial charge in [0.05, 0.1) is 0 Å². The number of rotatable bonds is 2. The maximum absolute atomic E-state index is 12.5. The molecular weight excluding hydrogens is 226 g/mol. The number of anilines is 2. The molecule has 0 aromatic heterocycles. The minimum atomic E-state index is 0.0471. The Hall–Kier alpha value is -1.71. The number of nitrogen functional groups attached to an aromatic ring is 2. The Labute approximate surface area is 108 Å². The molecule has 1 amide bonds. The van der Waals surface area contributed by atoms with Crippen molar-refractivity contribution in [3.05, 3.63) is 23.8 Å². The zero-order valence-corrected chi connectivity index (χ0v) is 11.0. The summed E-state index contributed by atoms with van der Waals surface area (Å²) < 4.78 is 0. The Kier molecular flexibility index (Phi) is 3.45. The van der Waals surface area contributed by atoms with E-state index in [1.165, 1.54) is 0 Å². The van der Waals surface area contributed by atoms with Crippen molar-refractivity contribution in [2.24, 2.45) is 0 Å².